The van der Waals surface area contributed by atoms with E-state index in [4.69, 9.17) is 9.47 Å². The molecule has 0 aliphatic heterocycles. The molecule has 0 bridgehead atoms. The van der Waals surface area contributed by atoms with E-state index in [1.165, 1.54) is 6.07 Å². The minimum Gasteiger partial charge on any atom is -0.493 e. The number of nitro groups is 1. The van der Waals surface area contributed by atoms with E-state index in [-0.39, 0.29) is 11.4 Å². The highest BCUT2D eigenvalue weighted by atomic mass is 16.6. The van der Waals surface area contributed by atoms with Crippen molar-refractivity contribution in [2.45, 2.75) is 6.42 Å². The molecule has 0 aromatic heterocycles. The van der Waals surface area contributed by atoms with Crippen molar-refractivity contribution in [3.8, 4) is 11.5 Å². The van der Waals surface area contributed by atoms with Gasteiger partial charge >= 0.3 is 5.69 Å². The lowest BCUT2D eigenvalue weighted by atomic mass is 10.3. The molecule has 0 radical (unpaired) electrons. The second-order valence-electron chi connectivity index (χ2n) is 4.09. The van der Waals surface area contributed by atoms with Crippen LogP contribution < -0.4 is 9.47 Å². The summed E-state index contributed by atoms with van der Waals surface area (Å²) in [7, 11) is 0. The van der Waals surface area contributed by atoms with Crippen molar-refractivity contribution in [2.24, 2.45) is 0 Å². The molecular weight excluding hydrogens is 258 g/mol. The summed E-state index contributed by atoms with van der Waals surface area (Å²) in [6, 6.07) is 15.8. The van der Waals surface area contributed by atoms with E-state index in [1.54, 1.807) is 18.2 Å². The van der Waals surface area contributed by atoms with E-state index in [2.05, 4.69) is 0 Å². The number of benzene rings is 2. The smallest absolute Gasteiger partial charge is 0.310 e. The fraction of sp³-hybridized carbons (Fsp3) is 0.200. The van der Waals surface area contributed by atoms with Crippen LogP contribution in [0.5, 0.6) is 11.5 Å². The lowest BCUT2D eigenvalue weighted by Crippen LogP contribution is -2.06. The zero-order chi connectivity index (χ0) is 14.2. The molecule has 0 heterocycles. The molecule has 2 aromatic carbocycles. The molecule has 2 rings (SSSR count). The zero-order valence-corrected chi connectivity index (χ0v) is 10.9. The number of rotatable bonds is 7. The highest BCUT2D eigenvalue weighted by molar-refractivity contribution is 5.45. The number of ether oxygens (including phenoxy) is 2. The predicted octanol–water partition coefficient (Wildman–Crippen LogP) is 3.44. The molecule has 0 amide bonds. The van der Waals surface area contributed by atoms with Gasteiger partial charge in [-0.25, -0.2) is 0 Å². The third kappa shape index (κ3) is 3.98. The van der Waals surface area contributed by atoms with Crippen LogP contribution in [-0.4, -0.2) is 18.1 Å². The summed E-state index contributed by atoms with van der Waals surface area (Å²) < 4.78 is 10.9. The lowest BCUT2D eigenvalue weighted by Gasteiger charge is -2.08. The van der Waals surface area contributed by atoms with Crippen LogP contribution in [0.15, 0.2) is 54.6 Å². The molecule has 0 atom stereocenters. The molecule has 0 N–H and O–H groups in total. The van der Waals surface area contributed by atoms with Gasteiger partial charge in [-0.1, -0.05) is 30.3 Å². The highest BCUT2D eigenvalue weighted by Gasteiger charge is 2.12. The maximum absolute atomic E-state index is 10.8. The Morgan fingerprint density at radius 3 is 2.30 bits per heavy atom. The Kier molecular flexibility index (Phi) is 4.94. The van der Waals surface area contributed by atoms with Crippen molar-refractivity contribution in [1.82, 2.24) is 0 Å². The van der Waals surface area contributed by atoms with Crippen LogP contribution >= 0.6 is 0 Å². The van der Waals surface area contributed by atoms with Crippen molar-refractivity contribution in [3.05, 3.63) is 64.7 Å². The molecule has 0 fully saturated rings. The summed E-state index contributed by atoms with van der Waals surface area (Å²) in [5, 5.41) is 10.8. The normalized spacial score (nSPS) is 10.0. The summed E-state index contributed by atoms with van der Waals surface area (Å²) in [5.41, 5.74) is -0.0172. The van der Waals surface area contributed by atoms with E-state index in [0.29, 0.717) is 19.6 Å². The van der Waals surface area contributed by atoms with Gasteiger partial charge in [-0.2, -0.15) is 0 Å². The quantitative estimate of drug-likeness (QED) is 0.440. The maximum atomic E-state index is 10.8. The van der Waals surface area contributed by atoms with Gasteiger partial charge in [-0.3, -0.25) is 10.1 Å². The third-order valence-corrected chi connectivity index (χ3v) is 2.62. The Bertz CT molecular complexity index is 557. The fourth-order valence-electron chi connectivity index (χ4n) is 1.68. The van der Waals surface area contributed by atoms with Gasteiger partial charge in [0, 0.05) is 12.5 Å². The molecule has 0 aliphatic carbocycles. The van der Waals surface area contributed by atoms with Crippen LogP contribution in [0, 0.1) is 10.1 Å². The predicted molar refractivity (Wildman–Crippen MR) is 75.1 cm³/mol. The number of nitro benzene ring substituents is 1. The van der Waals surface area contributed by atoms with Crippen LogP contribution in [0.25, 0.3) is 0 Å². The van der Waals surface area contributed by atoms with Crippen LogP contribution in [-0.2, 0) is 0 Å². The van der Waals surface area contributed by atoms with Crippen LogP contribution in [0.1, 0.15) is 6.42 Å². The van der Waals surface area contributed by atoms with E-state index in [0.717, 1.165) is 5.75 Å². The Labute approximate surface area is 116 Å². The largest absolute Gasteiger partial charge is 0.493 e. The average Bonchev–Trinajstić information content (AvgIpc) is 2.48. The van der Waals surface area contributed by atoms with Crippen LogP contribution in [0.2, 0.25) is 0 Å². The first-order valence-corrected chi connectivity index (χ1v) is 6.31. The Morgan fingerprint density at radius 2 is 1.55 bits per heavy atom. The summed E-state index contributed by atoms with van der Waals surface area (Å²) in [5.74, 6) is 1.09. The molecule has 0 spiro atoms. The zero-order valence-electron chi connectivity index (χ0n) is 10.9. The molecule has 5 nitrogen and oxygen atoms in total. The second kappa shape index (κ2) is 7.13. The highest BCUT2D eigenvalue weighted by Crippen LogP contribution is 2.25. The van der Waals surface area contributed by atoms with Gasteiger partial charge in [-0.05, 0) is 18.2 Å². The molecular formula is C15H15NO4. The second-order valence-corrected chi connectivity index (χ2v) is 4.09. The third-order valence-electron chi connectivity index (χ3n) is 2.62. The molecule has 5 heteroatoms. The summed E-state index contributed by atoms with van der Waals surface area (Å²) in [6.45, 7) is 0.877. The first-order chi connectivity index (χ1) is 9.77. The van der Waals surface area contributed by atoms with E-state index in [9.17, 15) is 10.1 Å². The lowest BCUT2D eigenvalue weighted by molar-refractivity contribution is -0.385. The molecule has 0 unspecified atom stereocenters. The molecule has 0 saturated heterocycles. The van der Waals surface area contributed by atoms with Gasteiger partial charge in [0.1, 0.15) is 5.75 Å². The van der Waals surface area contributed by atoms with Crippen molar-refractivity contribution in [1.29, 1.82) is 0 Å². The molecule has 2 aromatic rings. The van der Waals surface area contributed by atoms with Gasteiger partial charge in [0.25, 0.3) is 0 Å². The number of hydrogen-bond acceptors (Lipinski definition) is 4. The van der Waals surface area contributed by atoms with Crippen molar-refractivity contribution in [3.63, 3.8) is 0 Å². The van der Waals surface area contributed by atoms with Crippen molar-refractivity contribution in [2.75, 3.05) is 13.2 Å². The average molecular weight is 273 g/mol. The van der Waals surface area contributed by atoms with E-state index < -0.39 is 4.92 Å². The van der Waals surface area contributed by atoms with Gasteiger partial charge in [0.2, 0.25) is 0 Å². The van der Waals surface area contributed by atoms with Gasteiger partial charge < -0.3 is 9.47 Å². The standard InChI is InChI=1S/C15H15NO4/c17-16(18)14-9-4-5-10-15(14)20-12-6-11-19-13-7-2-1-3-8-13/h1-5,7-10H,6,11-12H2. The van der Waals surface area contributed by atoms with E-state index >= 15 is 0 Å². The van der Waals surface area contributed by atoms with Gasteiger partial charge in [0.05, 0.1) is 18.1 Å². The Morgan fingerprint density at radius 1 is 0.900 bits per heavy atom. The topological polar surface area (TPSA) is 61.6 Å². The SMILES string of the molecule is O=[N+]([O-])c1ccccc1OCCCOc1ccccc1. The summed E-state index contributed by atoms with van der Waals surface area (Å²) >= 11 is 0. The van der Waals surface area contributed by atoms with Gasteiger partial charge in [0.15, 0.2) is 5.75 Å². The van der Waals surface area contributed by atoms with Crippen LogP contribution in [0.3, 0.4) is 0 Å². The minimum absolute atomic E-state index is 0.0172. The van der Waals surface area contributed by atoms with E-state index in [1.807, 2.05) is 30.3 Å². The first-order valence-electron chi connectivity index (χ1n) is 6.31. The number of para-hydroxylation sites is 3. The van der Waals surface area contributed by atoms with Gasteiger partial charge in [-0.15, -0.1) is 0 Å². The first kappa shape index (κ1) is 13.9. The fourth-order valence-corrected chi connectivity index (χ4v) is 1.68. The molecule has 0 saturated carbocycles. The number of nitrogens with zero attached hydrogens (tertiary/aromatic N) is 1. The minimum atomic E-state index is -0.449. The molecule has 20 heavy (non-hydrogen) atoms. The Hall–Kier alpha value is -2.56. The number of hydrogen-bond donors (Lipinski definition) is 0. The van der Waals surface area contributed by atoms with Crippen molar-refractivity contribution < 1.29 is 14.4 Å². The van der Waals surface area contributed by atoms with Crippen LogP contribution in [0.4, 0.5) is 5.69 Å². The van der Waals surface area contributed by atoms with Crippen molar-refractivity contribution >= 4 is 5.69 Å². The maximum Gasteiger partial charge on any atom is 0.310 e. The molecule has 104 valence electrons. The monoisotopic (exact) mass is 273 g/mol. The molecule has 0 aliphatic rings. The summed E-state index contributed by atoms with van der Waals surface area (Å²) in [4.78, 5) is 10.3. The Balaban J connectivity index is 1.75. The summed E-state index contributed by atoms with van der Waals surface area (Å²) in [6.07, 6.45) is 0.654.